The maximum absolute atomic E-state index is 12.4. The first-order chi connectivity index (χ1) is 10.7. The molecule has 22 heavy (non-hydrogen) atoms. The van der Waals surface area contributed by atoms with Gasteiger partial charge in [-0.25, -0.2) is 0 Å². The van der Waals surface area contributed by atoms with Crippen molar-refractivity contribution in [3.05, 3.63) is 42.0 Å². The van der Waals surface area contributed by atoms with Crippen molar-refractivity contribution in [2.45, 2.75) is 38.1 Å². The fraction of sp³-hybridized carbons (Fsp3) is 0.474. The number of nitrogens with zero attached hydrogens (tertiary/aromatic N) is 1. The average Bonchev–Trinajstić information content (AvgIpc) is 3.18. The number of rotatable bonds is 5. The van der Waals surface area contributed by atoms with Gasteiger partial charge in [0.15, 0.2) is 0 Å². The van der Waals surface area contributed by atoms with Crippen molar-refractivity contribution in [2.24, 2.45) is 17.8 Å². The second kappa shape index (κ2) is 6.36. The molecule has 1 aromatic carbocycles. The van der Waals surface area contributed by atoms with E-state index in [4.69, 9.17) is 0 Å². The maximum Gasteiger partial charge on any atom is 0.224 e. The van der Waals surface area contributed by atoms with Gasteiger partial charge in [0.25, 0.3) is 0 Å². The summed E-state index contributed by atoms with van der Waals surface area (Å²) in [7, 11) is 0. The van der Waals surface area contributed by atoms with Crippen molar-refractivity contribution in [3.63, 3.8) is 0 Å². The van der Waals surface area contributed by atoms with Crippen LogP contribution in [0, 0.1) is 29.1 Å². The Labute approximate surface area is 132 Å². The number of hydrogen-bond donors (Lipinski definition) is 1. The highest BCUT2D eigenvalue weighted by Gasteiger charge is 2.43. The fourth-order valence-corrected chi connectivity index (χ4v) is 4.00. The van der Waals surface area contributed by atoms with Gasteiger partial charge in [-0.05, 0) is 42.2 Å². The number of carbonyl (C=O) groups is 1. The van der Waals surface area contributed by atoms with Crippen LogP contribution < -0.4 is 5.32 Å². The Morgan fingerprint density at radius 3 is 2.68 bits per heavy atom. The Morgan fingerprint density at radius 2 is 2.14 bits per heavy atom. The number of nitrogens with one attached hydrogen (secondary N) is 1. The first-order valence-corrected chi connectivity index (χ1v) is 8.11. The van der Waals surface area contributed by atoms with Gasteiger partial charge < -0.3 is 5.32 Å². The standard InChI is InChI=1S/C19H22N2O/c1-2-13-3-5-14(6-4-13)10-17(12-20)21-19(22)18-11-15-7-8-16(18)9-15/h2-6,15-18H,1,7-11H2,(H,21,22)/t15-,16+,17+,18+/m1/s1. The fourth-order valence-electron chi connectivity index (χ4n) is 4.00. The summed E-state index contributed by atoms with van der Waals surface area (Å²) < 4.78 is 0. The van der Waals surface area contributed by atoms with Crippen molar-refractivity contribution in [1.82, 2.24) is 5.32 Å². The third kappa shape index (κ3) is 3.06. The van der Waals surface area contributed by atoms with Crippen molar-refractivity contribution in [2.75, 3.05) is 0 Å². The lowest BCUT2D eigenvalue weighted by atomic mass is 9.88. The molecule has 3 heteroatoms. The van der Waals surface area contributed by atoms with Gasteiger partial charge in [0.2, 0.25) is 5.91 Å². The van der Waals surface area contributed by atoms with Crippen LogP contribution in [0.3, 0.4) is 0 Å². The second-order valence-corrected chi connectivity index (χ2v) is 6.62. The Hall–Kier alpha value is -2.08. The molecule has 1 aromatic rings. The molecule has 1 N–H and O–H groups in total. The van der Waals surface area contributed by atoms with Crippen LogP contribution in [0.25, 0.3) is 6.08 Å². The first-order valence-electron chi connectivity index (χ1n) is 8.11. The first kappa shape index (κ1) is 14.8. The van der Waals surface area contributed by atoms with Crippen LogP contribution >= 0.6 is 0 Å². The summed E-state index contributed by atoms with van der Waals surface area (Å²) in [6.07, 6.45) is 7.04. The summed E-state index contributed by atoms with van der Waals surface area (Å²) in [4.78, 5) is 12.4. The number of carbonyl (C=O) groups excluding carboxylic acids is 1. The van der Waals surface area contributed by atoms with Crippen LogP contribution in [-0.2, 0) is 11.2 Å². The zero-order chi connectivity index (χ0) is 15.5. The van der Waals surface area contributed by atoms with Gasteiger partial charge in [-0.1, -0.05) is 43.3 Å². The minimum Gasteiger partial charge on any atom is -0.340 e. The molecule has 2 aliphatic rings. The van der Waals surface area contributed by atoms with Crippen molar-refractivity contribution >= 4 is 12.0 Å². The maximum atomic E-state index is 12.4. The third-order valence-electron chi connectivity index (χ3n) is 5.20. The van der Waals surface area contributed by atoms with Crippen molar-refractivity contribution < 1.29 is 4.79 Å². The van der Waals surface area contributed by atoms with E-state index in [1.54, 1.807) is 6.08 Å². The molecule has 0 saturated heterocycles. The van der Waals surface area contributed by atoms with Crippen molar-refractivity contribution in [3.8, 4) is 6.07 Å². The SMILES string of the molecule is C=Cc1ccc(C[C@@H](C#N)NC(=O)[C@H]2C[C@@H]3CC[C@H]2C3)cc1. The number of nitriles is 1. The van der Waals surface area contributed by atoms with E-state index in [2.05, 4.69) is 18.0 Å². The number of amides is 1. The van der Waals surface area contributed by atoms with Gasteiger partial charge in [-0.15, -0.1) is 0 Å². The summed E-state index contributed by atoms with van der Waals surface area (Å²) in [6.45, 7) is 3.73. The van der Waals surface area contributed by atoms with Crippen molar-refractivity contribution in [1.29, 1.82) is 5.26 Å². The predicted molar refractivity (Wildman–Crippen MR) is 86.7 cm³/mol. The molecule has 1 amide bonds. The van der Waals surface area contributed by atoms with E-state index < -0.39 is 6.04 Å². The highest BCUT2D eigenvalue weighted by molar-refractivity contribution is 5.80. The molecule has 0 heterocycles. The van der Waals surface area contributed by atoms with E-state index in [-0.39, 0.29) is 11.8 Å². The summed E-state index contributed by atoms with van der Waals surface area (Å²) in [5, 5.41) is 12.3. The Bertz CT molecular complexity index is 599. The minimum absolute atomic E-state index is 0.0847. The summed E-state index contributed by atoms with van der Waals surface area (Å²) in [5.41, 5.74) is 2.12. The summed E-state index contributed by atoms with van der Waals surface area (Å²) >= 11 is 0. The average molecular weight is 294 g/mol. The quantitative estimate of drug-likeness (QED) is 0.905. The van der Waals surface area contributed by atoms with E-state index in [0.717, 1.165) is 23.5 Å². The van der Waals surface area contributed by atoms with E-state index in [9.17, 15) is 10.1 Å². The molecule has 0 aliphatic heterocycles. The van der Waals surface area contributed by atoms with E-state index in [1.165, 1.54) is 19.3 Å². The minimum atomic E-state index is -0.443. The van der Waals surface area contributed by atoms with Gasteiger partial charge in [0.1, 0.15) is 6.04 Å². The van der Waals surface area contributed by atoms with E-state index in [0.29, 0.717) is 12.3 Å². The lowest BCUT2D eigenvalue weighted by Gasteiger charge is -2.22. The zero-order valence-electron chi connectivity index (χ0n) is 12.8. The third-order valence-corrected chi connectivity index (χ3v) is 5.20. The van der Waals surface area contributed by atoms with Crippen LogP contribution in [0.1, 0.15) is 36.8 Å². The lowest BCUT2D eigenvalue weighted by molar-refractivity contribution is -0.126. The molecular formula is C19H22N2O. The van der Waals surface area contributed by atoms with Crippen LogP contribution in [0.4, 0.5) is 0 Å². The molecule has 0 unspecified atom stereocenters. The molecule has 114 valence electrons. The highest BCUT2D eigenvalue weighted by Crippen LogP contribution is 2.48. The molecule has 2 fully saturated rings. The molecule has 2 saturated carbocycles. The largest absolute Gasteiger partial charge is 0.340 e. The predicted octanol–water partition coefficient (Wildman–Crippen LogP) is 3.32. The molecule has 0 spiro atoms. The van der Waals surface area contributed by atoms with E-state index in [1.807, 2.05) is 24.3 Å². The topological polar surface area (TPSA) is 52.9 Å². The van der Waals surface area contributed by atoms with E-state index >= 15 is 0 Å². The van der Waals surface area contributed by atoms with Crippen LogP contribution in [0.5, 0.6) is 0 Å². The van der Waals surface area contributed by atoms with Crippen LogP contribution in [0.15, 0.2) is 30.8 Å². The number of benzene rings is 1. The molecule has 3 nitrogen and oxygen atoms in total. The molecule has 2 aliphatic carbocycles. The Balaban J connectivity index is 1.58. The van der Waals surface area contributed by atoms with Gasteiger partial charge >= 0.3 is 0 Å². The highest BCUT2D eigenvalue weighted by atomic mass is 16.2. The lowest BCUT2D eigenvalue weighted by Crippen LogP contribution is -2.40. The molecular weight excluding hydrogens is 272 g/mol. The van der Waals surface area contributed by atoms with Gasteiger partial charge in [0.05, 0.1) is 6.07 Å². The molecule has 2 bridgehead atoms. The molecule has 3 rings (SSSR count). The summed E-state index contributed by atoms with van der Waals surface area (Å²) in [6, 6.07) is 9.73. The smallest absolute Gasteiger partial charge is 0.224 e. The molecule has 0 radical (unpaired) electrons. The normalized spacial score (nSPS) is 27.1. The molecule has 0 aromatic heterocycles. The molecule has 4 atom stereocenters. The van der Waals surface area contributed by atoms with Gasteiger partial charge in [-0.3, -0.25) is 4.79 Å². The number of fused-ring (bicyclic) bond motifs is 2. The van der Waals surface area contributed by atoms with Gasteiger partial charge in [0, 0.05) is 12.3 Å². The monoisotopic (exact) mass is 294 g/mol. The van der Waals surface area contributed by atoms with Gasteiger partial charge in [-0.2, -0.15) is 5.26 Å². The number of hydrogen-bond acceptors (Lipinski definition) is 2. The Morgan fingerprint density at radius 1 is 1.36 bits per heavy atom. The zero-order valence-corrected chi connectivity index (χ0v) is 12.8. The summed E-state index contributed by atoms with van der Waals surface area (Å²) in [5.74, 6) is 1.52. The Kier molecular flexibility index (Phi) is 4.29. The van der Waals surface area contributed by atoms with Crippen LogP contribution in [-0.4, -0.2) is 11.9 Å². The van der Waals surface area contributed by atoms with Crippen LogP contribution in [0.2, 0.25) is 0 Å². The second-order valence-electron chi connectivity index (χ2n) is 6.62.